The number of nitrogens with one attached hydrogen (secondary N) is 1. The fourth-order valence-corrected chi connectivity index (χ4v) is 5.13. The fraction of sp³-hybridized carbons (Fsp3) is 0.421. The van der Waals surface area contributed by atoms with Gasteiger partial charge in [0.15, 0.2) is 0 Å². The van der Waals surface area contributed by atoms with E-state index in [0.717, 1.165) is 18.4 Å². The van der Waals surface area contributed by atoms with Gasteiger partial charge in [-0.25, -0.2) is 8.42 Å². The van der Waals surface area contributed by atoms with Crippen molar-refractivity contribution in [1.82, 2.24) is 8.87 Å². The first-order valence-electron chi connectivity index (χ1n) is 8.92. The Morgan fingerprint density at radius 1 is 1.30 bits per heavy atom. The highest BCUT2D eigenvalue weighted by Gasteiger charge is 2.30. The molecule has 1 fully saturated rings. The van der Waals surface area contributed by atoms with Gasteiger partial charge in [-0.3, -0.25) is 4.79 Å². The van der Waals surface area contributed by atoms with Gasteiger partial charge in [0.1, 0.15) is 10.6 Å². The molecular formula is C19H24ClN3O3S. The van der Waals surface area contributed by atoms with Crippen molar-refractivity contribution in [2.24, 2.45) is 13.0 Å². The van der Waals surface area contributed by atoms with E-state index in [-0.39, 0.29) is 16.5 Å². The lowest BCUT2D eigenvalue weighted by Crippen LogP contribution is -2.38. The van der Waals surface area contributed by atoms with Crippen molar-refractivity contribution in [1.29, 1.82) is 0 Å². The molecule has 2 aromatic rings. The van der Waals surface area contributed by atoms with Gasteiger partial charge in [0.25, 0.3) is 5.91 Å². The van der Waals surface area contributed by atoms with E-state index < -0.39 is 10.0 Å². The van der Waals surface area contributed by atoms with E-state index in [2.05, 4.69) is 12.2 Å². The largest absolute Gasteiger partial charge is 0.345 e. The Balaban J connectivity index is 1.83. The Hall–Kier alpha value is -1.83. The van der Waals surface area contributed by atoms with Crippen molar-refractivity contribution in [3.05, 3.63) is 46.7 Å². The Bertz CT molecular complexity index is 969. The van der Waals surface area contributed by atoms with Gasteiger partial charge in [0.2, 0.25) is 10.0 Å². The van der Waals surface area contributed by atoms with Gasteiger partial charge < -0.3 is 9.88 Å². The predicted octanol–water partition coefficient (Wildman–Crippen LogP) is 3.66. The third-order valence-electron chi connectivity index (χ3n) is 4.90. The molecular weight excluding hydrogens is 386 g/mol. The second-order valence-corrected chi connectivity index (χ2v) is 9.55. The first kappa shape index (κ1) is 19.9. The molecule has 0 bridgehead atoms. The van der Waals surface area contributed by atoms with Crippen LogP contribution in [0.3, 0.4) is 0 Å². The van der Waals surface area contributed by atoms with Crippen LogP contribution in [0, 0.1) is 12.8 Å². The maximum Gasteiger partial charge on any atom is 0.272 e. The van der Waals surface area contributed by atoms with Gasteiger partial charge >= 0.3 is 0 Å². The molecule has 1 aromatic carbocycles. The third-order valence-corrected chi connectivity index (χ3v) is 7.14. The molecule has 2 heterocycles. The summed E-state index contributed by atoms with van der Waals surface area (Å²) in [5.74, 6) is -0.0443. The van der Waals surface area contributed by atoms with Gasteiger partial charge in [-0.05, 0) is 49.4 Å². The smallest absolute Gasteiger partial charge is 0.272 e. The number of benzene rings is 1. The lowest BCUT2D eigenvalue weighted by Gasteiger charge is -2.29. The van der Waals surface area contributed by atoms with E-state index in [1.165, 1.54) is 21.1 Å². The van der Waals surface area contributed by atoms with Crippen molar-refractivity contribution in [3.63, 3.8) is 0 Å². The number of nitrogens with zero attached hydrogens (tertiary/aromatic N) is 2. The summed E-state index contributed by atoms with van der Waals surface area (Å²) in [4.78, 5) is 12.8. The molecule has 3 rings (SSSR count). The first-order valence-corrected chi connectivity index (χ1v) is 10.7. The van der Waals surface area contributed by atoms with Crippen LogP contribution in [0.5, 0.6) is 0 Å². The van der Waals surface area contributed by atoms with Crippen LogP contribution in [0.25, 0.3) is 0 Å². The van der Waals surface area contributed by atoms with Gasteiger partial charge in [0, 0.05) is 37.0 Å². The first-order chi connectivity index (χ1) is 12.7. The van der Waals surface area contributed by atoms with Crippen LogP contribution in [0.15, 0.2) is 35.4 Å². The number of rotatable bonds is 4. The molecule has 1 N–H and O–H groups in total. The van der Waals surface area contributed by atoms with E-state index in [1.807, 2.05) is 13.0 Å². The van der Waals surface area contributed by atoms with Crippen LogP contribution in [-0.2, 0) is 17.1 Å². The molecule has 27 heavy (non-hydrogen) atoms. The van der Waals surface area contributed by atoms with Gasteiger partial charge in [-0.2, -0.15) is 4.31 Å². The van der Waals surface area contributed by atoms with Crippen molar-refractivity contribution >= 4 is 33.2 Å². The number of carbonyl (C=O) groups is 1. The van der Waals surface area contributed by atoms with Gasteiger partial charge in [-0.15, -0.1) is 0 Å². The number of aromatic nitrogens is 1. The lowest BCUT2D eigenvalue weighted by molar-refractivity contribution is 0.101. The highest BCUT2D eigenvalue weighted by atomic mass is 35.5. The van der Waals surface area contributed by atoms with Crippen LogP contribution >= 0.6 is 11.6 Å². The summed E-state index contributed by atoms with van der Waals surface area (Å²) in [5, 5.41) is 3.32. The summed E-state index contributed by atoms with van der Waals surface area (Å²) in [6, 6.07) is 6.68. The SMILES string of the molecule is Cc1ccc(NC(=O)c2cc(S(=O)(=O)N3CCCC(C)C3)cn2C)cc1Cl. The molecule has 146 valence electrons. The zero-order valence-electron chi connectivity index (χ0n) is 15.7. The molecule has 1 aliphatic rings. The summed E-state index contributed by atoms with van der Waals surface area (Å²) < 4.78 is 28.9. The maximum absolute atomic E-state index is 12.9. The summed E-state index contributed by atoms with van der Waals surface area (Å²) in [5.41, 5.74) is 1.75. The van der Waals surface area contributed by atoms with Gasteiger partial charge in [0.05, 0.1) is 0 Å². The number of anilines is 1. The number of carbonyl (C=O) groups excluding carboxylic acids is 1. The minimum atomic E-state index is -3.60. The monoisotopic (exact) mass is 409 g/mol. The highest BCUT2D eigenvalue weighted by molar-refractivity contribution is 7.89. The molecule has 1 amide bonds. The molecule has 1 atom stereocenters. The molecule has 0 radical (unpaired) electrons. The van der Waals surface area contributed by atoms with Crippen LogP contribution in [0.1, 0.15) is 35.8 Å². The molecule has 1 aromatic heterocycles. The average Bonchev–Trinajstić information content (AvgIpc) is 3.01. The second kappa shape index (κ2) is 7.66. The summed E-state index contributed by atoms with van der Waals surface area (Å²) >= 11 is 6.09. The number of piperidine rings is 1. The van der Waals surface area contributed by atoms with E-state index in [0.29, 0.717) is 29.7 Å². The number of sulfonamides is 1. The minimum absolute atomic E-state index is 0.145. The van der Waals surface area contributed by atoms with Crippen molar-refractivity contribution in [2.45, 2.75) is 31.6 Å². The van der Waals surface area contributed by atoms with Crippen LogP contribution in [0.2, 0.25) is 5.02 Å². The van der Waals surface area contributed by atoms with Crippen LogP contribution in [0.4, 0.5) is 5.69 Å². The van der Waals surface area contributed by atoms with Crippen LogP contribution < -0.4 is 5.32 Å². The predicted molar refractivity (Wildman–Crippen MR) is 107 cm³/mol. The molecule has 1 unspecified atom stereocenters. The zero-order valence-corrected chi connectivity index (χ0v) is 17.3. The Morgan fingerprint density at radius 3 is 2.70 bits per heavy atom. The molecule has 1 aliphatic heterocycles. The molecule has 1 saturated heterocycles. The Kier molecular flexibility index (Phi) is 5.65. The number of aryl methyl sites for hydroxylation is 2. The summed E-state index contributed by atoms with van der Waals surface area (Å²) in [6.45, 7) is 4.97. The van der Waals surface area contributed by atoms with E-state index in [4.69, 9.17) is 11.6 Å². The van der Waals surface area contributed by atoms with E-state index in [1.54, 1.807) is 19.2 Å². The number of amides is 1. The quantitative estimate of drug-likeness (QED) is 0.837. The van der Waals surface area contributed by atoms with Gasteiger partial charge in [-0.1, -0.05) is 24.6 Å². The Morgan fingerprint density at radius 2 is 2.04 bits per heavy atom. The highest BCUT2D eigenvalue weighted by Crippen LogP contribution is 2.25. The van der Waals surface area contributed by atoms with Crippen LogP contribution in [-0.4, -0.2) is 36.3 Å². The topological polar surface area (TPSA) is 71.4 Å². The third kappa shape index (κ3) is 4.20. The average molecular weight is 410 g/mol. The number of halogens is 1. The standard InChI is InChI=1S/C19H24ClN3O3S/c1-13-5-4-8-23(11-13)27(25,26)16-10-18(22(3)12-16)19(24)21-15-7-6-14(2)17(20)9-15/h6-7,9-10,12-13H,4-5,8,11H2,1-3H3,(H,21,24). The molecule has 6 nitrogen and oxygen atoms in total. The molecule has 0 aliphatic carbocycles. The normalized spacial score (nSPS) is 18.4. The van der Waals surface area contributed by atoms with Crippen molar-refractivity contribution < 1.29 is 13.2 Å². The molecule has 0 saturated carbocycles. The zero-order chi connectivity index (χ0) is 19.8. The lowest BCUT2D eigenvalue weighted by atomic mass is 10.0. The number of hydrogen-bond donors (Lipinski definition) is 1. The summed E-state index contributed by atoms with van der Waals surface area (Å²) in [6.07, 6.45) is 3.38. The second-order valence-electron chi connectivity index (χ2n) is 7.20. The molecule has 0 spiro atoms. The minimum Gasteiger partial charge on any atom is -0.345 e. The van der Waals surface area contributed by atoms with E-state index >= 15 is 0 Å². The van der Waals surface area contributed by atoms with Crippen molar-refractivity contribution in [3.8, 4) is 0 Å². The molecule has 8 heteroatoms. The van der Waals surface area contributed by atoms with Crippen molar-refractivity contribution in [2.75, 3.05) is 18.4 Å². The fourth-order valence-electron chi connectivity index (χ4n) is 3.28. The summed E-state index contributed by atoms with van der Waals surface area (Å²) in [7, 11) is -1.94. The van der Waals surface area contributed by atoms with E-state index in [9.17, 15) is 13.2 Å². The Labute approximate surface area is 165 Å². The number of hydrogen-bond acceptors (Lipinski definition) is 3. The maximum atomic E-state index is 12.9.